The van der Waals surface area contributed by atoms with Crippen LogP contribution >= 0.6 is 0 Å². The van der Waals surface area contributed by atoms with Gasteiger partial charge in [-0.15, -0.1) is 0 Å². The lowest BCUT2D eigenvalue weighted by molar-refractivity contribution is -0.137. The van der Waals surface area contributed by atoms with E-state index in [1.54, 1.807) is 0 Å². The van der Waals surface area contributed by atoms with E-state index in [1.165, 1.54) is 6.07 Å². The molecule has 0 fully saturated rings. The number of hydrogen-bond acceptors (Lipinski definition) is 3. The maximum atomic E-state index is 12.8. The van der Waals surface area contributed by atoms with Gasteiger partial charge in [0.15, 0.2) is 0 Å². The molecule has 7 heteroatoms. The third-order valence-corrected chi connectivity index (χ3v) is 2.99. The molecule has 1 amide bonds. The largest absolute Gasteiger partial charge is 0.418 e. The molecule has 0 spiro atoms. The highest BCUT2D eigenvalue weighted by Gasteiger charge is 2.34. The lowest BCUT2D eigenvalue weighted by Gasteiger charge is -2.14. The van der Waals surface area contributed by atoms with Crippen molar-refractivity contribution in [1.29, 1.82) is 0 Å². The van der Waals surface area contributed by atoms with Gasteiger partial charge in [-0.3, -0.25) is 10.6 Å². The topological polar surface area (TPSA) is 67.2 Å². The van der Waals surface area contributed by atoms with Crippen molar-refractivity contribution < 1.29 is 18.0 Å². The Morgan fingerprint density at radius 2 is 2.00 bits per heavy atom. The maximum absolute atomic E-state index is 12.8. The summed E-state index contributed by atoms with van der Waals surface area (Å²) in [6.07, 6.45) is -2.84. The molecule has 0 radical (unpaired) electrons. The second kappa shape index (κ2) is 7.31. The van der Waals surface area contributed by atoms with Crippen LogP contribution in [0.1, 0.15) is 42.6 Å². The summed E-state index contributed by atoms with van der Waals surface area (Å²) < 4.78 is 38.5. The van der Waals surface area contributed by atoms with Crippen molar-refractivity contribution in [3.8, 4) is 0 Å². The van der Waals surface area contributed by atoms with E-state index < -0.39 is 17.6 Å². The molecule has 0 aliphatic rings. The smallest absolute Gasteiger partial charge is 0.352 e. The molecule has 1 rings (SSSR count). The normalized spacial score (nSPS) is 11.6. The first kappa shape index (κ1) is 17.3. The van der Waals surface area contributed by atoms with Gasteiger partial charge in [-0.05, 0) is 37.0 Å². The number of halogens is 3. The molecule has 0 aliphatic carbocycles. The summed E-state index contributed by atoms with van der Waals surface area (Å²) in [6, 6.07) is 3.25. The number of amides is 1. The van der Waals surface area contributed by atoms with Gasteiger partial charge in [0.2, 0.25) is 0 Å². The molecular weight excluding hydrogens is 283 g/mol. The van der Waals surface area contributed by atoms with Crippen LogP contribution < -0.4 is 16.6 Å². The Labute approximate surface area is 121 Å². The molecule has 118 valence electrons. The first-order valence-electron chi connectivity index (χ1n) is 6.71. The van der Waals surface area contributed by atoms with Crippen LogP contribution in [0.25, 0.3) is 0 Å². The minimum Gasteiger partial charge on any atom is -0.352 e. The van der Waals surface area contributed by atoms with Crippen LogP contribution in [0.3, 0.4) is 0 Å². The zero-order valence-corrected chi connectivity index (χ0v) is 12.1. The summed E-state index contributed by atoms with van der Waals surface area (Å²) in [4.78, 5) is 11.8. The predicted octanol–water partition coefficient (Wildman–Crippen LogP) is 3.16. The Bertz CT molecular complexity index is 487. The summed E-state index contributed by atoms with van der Waals surface area (Å²) in [6.45, 7) is 4.57. The first-order valence-corrected chi connectivity index (χ1v) is 6.71. The number of nitrogen functional groups attached to an aromatic ring is 1. The lowest BCUT2D eigenvalue weighted by atomic mass is 10.1. The fraction of sp³-hybridized carbons (Fsp3) is 0.500. The van der Waals surface area contributed by atoms with E-state index >= 15 is 0 Å². The average Bonchev–Trinajstić information content (AvgIpc) is 2.41. The maximum Gasteiger partial charge on any atom is 0.418 e. The van der Waals surface area contributed by atoms with E-state index in [2.05, 4.69) is 19.2 Å². The second-order valence-electron chi connectivity index (χ2n) is 5.19. The molecule has 0 aromatic heterocycles. The van der Waals surface area contributed by atoms with Crippen LogP contribution in [-0.4, -0.2) is 12.5 Å². The lowest BCUT2D eigenvalue weighted by Crippen LogP contribution is -2.25. The average molecular weight is 303 g/mol. The highest BCUT2D eigenvalue weighted by atomic mass is 19.4. The van der Waals surface area contributed by atoms with Crippen LogP contribution in [0.4, 0.5) is 18.9 Å². The van der Waals surface area contributed by atoms with Gasteiger partial charge in [-0.1, -0.05) is 13.8 Å². The van der Waals surface area contributed by atoms with Gasteiger partial charge in [-0.25, -0.2) is 0 Å². The zero-order chi connectivity index (χ0) is 16.0. The number of hydrazine groups is 1. The van der Waals surface area contributed by atoms with Crippen LogP contribution in [0.15, 0.2) is 18.2 Å². The van der Waals surface area contributed by atoms with Crippen molar-refractivity contribution in [3.05, 3.63) is 29.3 Å². The molecule has 0 atom stereocenters. The van der Waals surface area contributed by atoms with Gasteiger partial charge >= 0.3 is 6.18 Å². The van der Waals surface area contributed by atoms with Gasteiger partial charge in [0.1, 0.15) is 0 Å². The number of rotatable bonds is 6. The third kappa shape index (κ3) is 5.26. The molecule has 1 aromatic rings. The molecular formula is C14H20F3N3O. The number of carbonyl (C=O) groups excluding carboxylic acids is 1. The van der Waals surface area contributed by atoms with Crippen LogP contribution in [0, 0.1) is 5.92 Å². The number of carbonyl (C=O) groups is 1. The van der Waals surface area contributed by atoms with E-state index in [1.807, 2.05) is 5.43 Å². The summed E-state index contributed by atoms with van der Waals surface area (Å²) in [7, 11) is 0. The molecule has 0 saturated carbocycles. The van der Waals surface area contributed by atoms with Gasteiger partial charge in [0.25, 0.3) is 5.91 Å². The minimum atomic E-state index is -4.57. The molecule has 21 heavy (non-hydrogen) atoms. The number of anilines is 1. The van der Waals surface area contributed by atoms with E-state index in [0.717, 1.165) is 25.0 Å². The van der Waals surface area contributed by atoms with Crippen molar-refractivity contribution in [3.63, 3.8) is 0 Å². The van der Waals surface area contributed by atoms with Gasteiger partial charge in [0.05, 0.1) is 11.3 Å². The predicted molar refractivity (Wildman–Crippen MR) is 75.7 cm³/mol. The zero-order valence-electron chi connectivity index (χ0n) is 12.1. The Morgan fingerprint density at radius 1 is 1.33 bits per heavy atom. The monoisotopic (exact) mass is 303 g/mol. The van der Waals surface area contributed by atoms with E-state index in [-0.39, 0.29) is 11.3 Å². The Morgan fingerprint density at radius 3 is 2.52 bits per heavy atom. The SMILES string of the molecule is CC(C)CCCNC(=O)c1ccc(NN)c(C(F)(F)F)c1. The molecule has 0 unspecified atom stereocenters. The third-order valence-electron chi connectivity index (χ3n) is 2.99. The number of benzene rings is 1. The molecule has 0 bridgehead atoms. The van der Waals surface area contributed by atoms with Crippen molar-refractivity contribution in [2.24, 2.45) is 11.8 Å². The van der Waals surface area contributed by atoms with Gasteiger partial charge < -0.3 is 10.7 Å². The molecule has 4 N–H and O–H groups in total. The summed E-state index contributed by atoms with van der Waals surface area (Å²) in [5.74, 6) is 5.05. The minimum absolute atomic E-state index is 0.0362. The standard InChI is InChI=1S/C14H20F3N3O/c1-9(2)4-3-7-19-13(21)10-5-6-12(20-18)11(8-10)14(15,16)17/h5-6,8-9,20H,3-4,7,18H2,1-2H3,(H,19,21). The molecule has 0 heterocycles. The van der Waals surface area contributed by atoms with Crippen molar-refractivity contribution in [2.75, 3.05) is 12.0 Å². The van der Waals surface area contributed by atoms with Gasteiger partial charge in [0, 0.05) is 12.1 Å². The number of nitrogens with one attached hydrogen (secondary N) is 2. The van der Waals surface area contributed by atoms with Crippen LogP contribution in [0.5, 0.6) is 0 Å². The summed E-state index contributed by atoms with van der Waals surface area (Å²) in [5.41, 5.74) is 0.722. The molecule has 0 saturated heterocycles. The second-order valence-corrected chi connectivity index (χ2v) is 5.19. The molecule has 1 aromatic carbocycles. The number of nitrogens with two attached hydrogens (primary N) is 1. The number of alkyl halides is 3. The van der Waals surface area contributed by atoms with E-state index in [4.69, 9.17) is 5.84 Å². The van der Waals surface area contributed by atoms with E-state index in [9.17, 15) is 18.0 Å². The van der Waals surface area contributed by atoms with Gasteiger partial charge in [-0.2, -0.15) is 13.2 Å². The highest BCUT2D eigenvalue weighted by molar-refractivity contribution is 5.94. The summed E-state index contributed by atoms with van der Waals surface area (Å²) in [5, 5.41) is 2.61. The van der Waals surface area contributed by atoms with Crippen molar-refractivity contribution in [1.82, 2.24) is 5.32 Å². The van der Waals surface area contributed by atoms with Crippen LogP contribution in [0.2, 0.25) is 0 Å². The Kier molecular flexibility index (Phi) is 6.02. The summed E-state index contributed by atoms with van der Waals surface area (Å²) >= 11 is 0. The van der Waals surface area contributed by atoms with Crippen molar-refractivity contribution >= 4 is 11.6 Å². The fourth-order valence-electron chi connectivity index (χ4n) is 1.86. The quantitative estimate of drug-likeness (QED) is 0.429. The highest BCUT2D eigenvalue weighted by Crippen LogP contribution is 2.35. The van der Waals surface area contributed by atoms with Crippen LogP contribution in [-0.2, 0) is 6.18 Å². The Balaban J connectivity index is 2.77. The Hall–Kier alpha value is -1.76. The van der Waals surface area contributed by atoms with E-state index in [0.29, 0.717) is 12.5 Å². The molecule has 0 aliphatic heterocycles. The van der Waals surface area contributed by atoms with Crippen molar-refractivity contribution in [2.45, 2.75) is 32.9 Å². The fourth-order valence-corrected chi connectivity index (χ4v) is 1.86. The first-order chi connectivity index (χ1) is 9.75. The number of hydrogen-bond donors (Lipinski definition) is 3. The molecule has 4 nitrogen and oxygen atoms in total.